The number of nitrogens with zero attached hydrogens (tertiary/aromatic N) is 5. The van der Waals surface area contributed by atoms with Crippen molar-refractivity contribution in [1.82, 2.24) is 30.0 Å². The summed E-state index contributed by atoms with van der Waals surface area (Å²) in [5.41, 5.74) is 1.84. The number of aryl methyl sites for hydroxylation is 2. The number of anilines is 1. The average molecular weight is 512 g/mol. The summed E-state index contributed by atoms with van der Waals surface area (Å²) in [5, 5.41) is 7.87. The van der Waals surface area contributed by atoms with Crippen LogP contribution in [0.15, 0.2) is 29.0 Å². The van der Waals surface area contributed by atoms with Crippen LogP contribution < -0.4 is 5.32 Å². The minimum atomic E-state index is -4.60. The van der Waals surface area contributed by atoms with Gasteiger partial charge in [-0.2, -0.15) is 13.2 Å². The topological polar surface area (TPSA) is 95.8 Å². The highest BCUT2D eigenvalue weighted by Crippen LogP contribution is 2.39. The van der Waals surface area contributed by atoms with Crippen molar-refractivity contribution >= 4 is 17.0 Å². The highest BCUT2D eigenvalue weighted by Gasteiger charge is 2.37. The van der Waals surface area contributed by atoms with Crippen molar-refractivity contribution in [1.29, 1.82) is 0 Å². The second kappa shape index (κ2) is 9.13. The number of rotatable bonds is 5. The number of pyridine rings is 1. The highest BCUT2D eigenvalue weighted by molar-refractivity contribution is 5.94. The molecule has 194 valence electrons. The molecular formula is C26H28F3N7O. The van der Waals surface area contributed by atoms with Gasteiger partial charge in [-0.3, -0.25) is 4.90 Å². The smallest absolute Gasteiger partial charge is 0.361 e. The summed E-state index contributed by atoms with van der Waals surface area (Å²) in [4.78, 5) is 18.7. The molecule has 37 heavy (non-hydrogen) atoms. The van der Waals surface area contributed by atoms with Gasteiger partial charge in [-0.15, -0.1) is 0 Å². The Hall–Kier alpha value is -3.47. The third kappa shape index (κ3) is 4.35. The van der Waals surface area contributed by atoms with Crippen molar-refractivity contribution < 1.29 is 17.7 Å². The fourth-order valence-corrected chi connectivity index (χ4v) is 5.84. The van der Waals surface area contributed by atoms with E-state index in [2.05, 4.69) is 35.3 Å². The molecule has 1 unspecified atom stereocenters. The molecule has 1 aliphatic heterocycles. The first-order valence-corrected chi connectivity index (χ1v) is 12.7. The van der Waals surface area contributed by atoms with Gasteiger partial charge >= 0.3 is 6.18 Å². The number of nitrogens with one attached hydrogen (secondary N) is 2. The van der Waals surface area contributed by atoms with E-state index in [1.165, 1.54) is 19.0 Å². The van der Waals surface area contributed by atoms with Crippen LogP contribution in [0.3, 0.4) is 0 Å². The van der Waals surface area contributed by atoms with Crippen LogP contribution in [0.25, 0.3) is 33.5 Å². The molecule has 8 nitrogen and oxygen atoms in total. The van der Waals surface area contributed by atoms with Crippen LogP contribution in [0.1, 0.15) is 49.1 Å². The van der Waals surface area contributed by atoms with Crippen LogP contribution in [0.5, 0.6) is 0 Å². The number of H-pyrrole nitrogens is 1. The number of alkyl halides is 3. The zero-order chi connectivity index (χ0) is 25.7. The van der Waals surface area contributed by atoms with Crippen LogP contribution >= 0.6 is 0 Å². The SMILES string of the molecule is Cc1noc(C)c1-c1ccc2c(-c3nc(N[C@H]4CCCC4N4CCCC4)ncc3C(F)(F)F)c[nH]c2n1. The molecule has 2 N–H and O–H groups in total. The van der Waals surface area contributed by atoms with Gasteiger partial charge in [-0.05, 0) is 71.2 Å². The van der Waals surface area contributed by atoms with Gasteiger partial charge in [0.1, 0.15) is 17.0 Å². The number of aromatic nitrogens is 5. The maximum atomic E-state index is 14.0. The minimum Gasteiger partial charge on any atom is -0.361 e. The molecule has 6 rings (SSSR count). The molecule has 4 aromatic heterocycles. The van der Waals surface area contributed by atoms with E-state index in [9.17, 15) is 13.2 Å². The third-order valence-corrected chi connectivity index (χ3v) is 7.58. The average Bonchev–Trinajstić information content (AvgIpc) is 3.65. The fourth-order valence-electron chi connectivity index (χ4n) is 5.84. The Labute approximate surface area is 211 Å². The van der Waals surface area contributed by atoms with E-state index >= 15 is 0 Å². The quantitative estimate of drug-likeness (QED) is 0.353. The molecule has 11 heteroatoms. The molecule has 1 aliphatic carbocycles. The second-order valence-corrected chi connectivity index (χ2v) is 9.94. The number of halogens is 3. The van der Waals surface area contributed by atoms with E-state index in [-0.39, 0.29) is 17.7 Å². The summed E-state index contributed by atoms with van der Waals surface area (Å²) in [5.74, 6) is 0.842. The van der Waals surface area contributed by atoms with Crippen LogP contribution in [0, 0.1) is 13.8 Å². The lowest BCUT2D eigenvalue weighted by Crippen LogP contribution is -2.42. The first-order valence-electron chi connectivity index (χ1n) is 12.7. The van der Waals surface area contributed by atoms with E-state index in [1.54, 1.807) is 19.1 Å². The van der Waals surface area contributed by atoms with Crippen LogP contribution in [-0.2, 0) is 6.18 Å². The summed E-state index contributed by atoms with van der Waals surface area (Å²) in [7, 11) is 0. The standard InChI is InChI=1S/C26H28F3N7O/c1-14-22(15(2)37-35-14)20-9-8-16-17(12-30-24(16)32-20)23-18(26(27,28)29)13-31-25(34-23)33-19-6-5-7-21(19)36-10-3-4-11-36/h8-9,12-13,19,21H,3-7,10-11H2,1-2H3,(H,30,32)(H,31,33,34)/t19-,21?/m0/s1. The Bertz CT molecular complexity index is 1420. The summed E-state index contributed by atoms with van der Waals surface area (Å²) in [6.45, 7) is 5.76. The predicted octanol–water partition coefficient (Wildman–Crippen LogP) is 5.74. The second-order valence-electron chi connectivity index (χ2n) is 9.94. The van der Waals surface area contributed by atoms with E-state index in [1.807, 2.05) is 6.92 Å². The number of likely N-dealkylation sites (tertiary alicyclic amines) is 1. The zero-order valence-corrected chi connectivity index (χ0v) is 20.7. The maximum Gasteiger partial charge on any atom is 0.419 e. The predicted molar refractivity (Wildman–Crippen MR) is 133 cm³/mol. The highest BCUT2D eigenvalue weighted by atomic mass is 19.4. The molecule has 2 fully saturated rings. The van der Waals surface area contributed by atoms with E-state index < -0.39 is 11.7 Å². The summed E-state index contributed by atoms with van der Waals surface area (Å²) < 4.78 is 47.3. The Balaban J connectivity index is 1.37. The van der Waals surface area contributed by atoms with Gasteiger partial charge in [-0.25, -0.2) is 15.0 Å². The van der Waals surface area contributed by atoms with Crippen molar-refractivity contribution in [2.75, 3.05) is 18.4 Å². The summed E-state index contributed by atoms with van der Waals surface area (Å²) >= 11 is 0. The molecule has 1 saturated heterocycles. The lowest BCUT2D eigenvalue weighted by Gasteiger charge is -2.29. The van der Waals surface area contributed by atoms with Crippen molar-refractivity contribution in [3.63, 3.8) is 0 Å². The number of hydrogen-bond donors (Lipinski definition) is 2. The lowest BCUT2D eigenvalue weighted by atomic mass is 10.1. The number of fused-ring (bicyclic) bond motifs is 1. The minimum absolute atomic E-state index is 0.116. The van der Waals surface area contributed by atoms with Gasteiger partial charge in [0.05, 0.1) is 22.6 Å². The van der Waals surface area contributed by atoms with Crippen molar-refractivity contribution in [2.24, 2.45) is 0 Å². The molecule has 2 atom stereocenters. The number of aromatic amines is 1. The first kappa shape index (κ1) is 23.9. The first-order chi connectivity index (χ1) is 17.8. The molecule has 2 aliphatic rings. The Morgan fingerprint density at radius 3 is 2.62 bits per heavy atom. The lowest BCUT2D eigenvalue weighted by molar-refractivity contribution is -0.137. The fraction of sp³-hybridized carbons (Fsp3) is 0.462. The Kier molecular flexibility index (Phi) is 5.89. The van der Waals surface area contributed by atoms with Crippen molar-refractivity contribution in [2.45, 2.75) is 64.2 Å². The van der Waals surface area contributed by atoms with Gasteiger partial charge in [0.15, 0.2) is 0 Å². The molecule has 0 spiro atoms. The zero-order valence-electron chi connectivity index (χ0n) is 20.7. The van der Waals surface area contributed by atoms with E-state index in [0.717, 1.165) is 44.1 Å². The molecule has 0 aromatic carbocycles. The molecular weight excluding hydrogens is 483 g/mol. The Morgan fingerprint density at radius 1 is 1.08 bits per heavy atom. The number of hydrogen-bond acceptors (Lipinski definition) is 7. The largest absolute Gasteiger partial charge is 0.419 e. The molecule has 1 saturated carbocycles. The van der Waals surface area contributed by atoms with Crippen molar-refractivity contribution in [3.8, 4) is 22.5 Å². The maximum absolute atomic E-state index is 14.0. The van der Waals surface area contributed by atoms with E-state index in [0.29, 0.717) is 39.8 Å². The van der Waals surface area contributed by atoms with E-state index in [4.69, 9.17) is 4.52 Å². The summed E-state index contributed by atoms with van der Waals surface area (Å²) in [6.07, 6.45) is 3.29. The van der Waals surface area contributed by atoms with Gasteiger partial charge in [0.25, 0.3) is 0 Å². The molecule has 0 bridgehead atoms. The monoisotopic (exact) mass is 511 g/mol. The molecule has 4 aromatic rings. The van der Waals surface area contributed by atoms with Crippen molar-refractivity contribution in [3.05, 3.63) is 41.5 Å². The molecule has 0 radical (unpaired) electrons. The van der Waals surface area contributed by atoms with Crippen LogP contribution in [0.4, 0.5) is 19.1 Å². The molecule has 5 heterocycles. The van der Waals surface area contributed by atoms with Gasteiger partial charge in [0, 0.05) is 35.4 Å². The van der Waals surface area contributed by atoms with Crippen LogP contribution in [-0.4, -0.2) is 55.2 Å². The summed E-state index contributed by atoms with van der Waals surface area (Å²) in [6, 6.07) is 3.99. The van der Waals surface area contributed by atoms with Gasteiger partial charge in [-0.1, -0.05) is 5.16 Å². The van der Waals surface area contributed by atoms with Gasteiger partial charge < -0.3 is 14.8 Å². The third-order valence-electron chi connectivity index (χ3n) is 7.58. The van der Waals surface area contributed by atoms with Crippen LogP contribution in [0.2, 0.25) is 0 Å². The normalized spacial score (nSPS) is 20.8. The Morgan fingerprint density at radius 2 is 1.89 bits per heavy atom. The van der Waals surface area contributed by atoms with Gasteiger partial charge in [0.2, 0.25) is 5.95 Å². The molecule has 0 amide bonds.